The number of hydrogen-bond donors (Lipinski definition) is 1. The lowest BCUT2D eigenvalue weighted by Crippen LogP contribution is -2.45. The molecule has 0 aliphatic heterocycles. The van der Waals surface area contributed by atoms with Crippen LogP contribution in [0.3, 0.4) is 0 Å². The summed E-state index contributed by atoms with van der Waals surface area (Å²) in [6, 6.07) is 16.9. The van der Waals surface area contributed by atoms with Gasteiger partial charge in [0.15, 0.2) is 0 Å². The SMILES string of the molecule is CC(C)NC(C)(C#N)CCOc1ccc2ccccc2c1. The van der Waals surface area contributed by atoms with Crippen LogP contribution in [0.4, 0.5) is 0 Å². The molecule has 3 heteroatoms. The van der Waals surface area contributed by atoms with Gasteiger partial charge in [-0.2, -0.15) is 5.26 Å². The first-order chi connectivity index (χ1) is 10.0. The van der Waals surface area contributed by atoms with Crippen LogP contribution in [0.25, 0.3) is 10.8 Å². The number of nitrogens with zero attached hydrogens (tertiary/aromatic N) is 1. The van der Waals surface area contributed by atoms with Gasteiger partial charge in [0.1, 0.15) is 11.3 Å². The van der Waals surface area contributed by atoms with Gasteiger partial charge in [0.05, 0.1) is 12.7 Å². The summed E-state index contributed by atoms with van der Waals surface area (Å²) < 4.78 is 5.80. The molecule has 0 saturated carbocycles. The number of fused-ring (bicyclic) bond motifs is 1. The molecular formula is C18H22N2O. The standard InChI is InChI=1S/C18H22N2O/c1-14(2)20-18(3,13-19)10-11-21-17-9-8-15-6-4-5-7-16(15)12-17/h4-9,12,14,20H,10-11H2,1-3H3. The van der Waals surface area contributed by atoms with Crippen LogP contribution in [0, 0.1) is 11.3 Å². The lowest BCUT2D eigenvalue weighted by Gasteiger charge is -2.25. The highest BCUT2D eigenvalue weighted by Crippen LogP contribution is 2.21. The minimum absolute atomic E-state index is 0.273. The zero-order valence-corrected chi connectivity index (χ0v) is 12.9. The third kappa shape index (κ3) is 4.21. The van der Waals surface area contributed by atoms with Crippen LogP contribution in [0.1, 0.15) is 27.2 Å². The Morgan fingerprint density at radius 3 is 2.57 bits per heavy atom. The van der Waals surface area contributed by atoms with E-state index in [0.29, 0.717) is 13.0 Å². The summed E-state index contributed by atoms with van der Waals surface area (Å²) in [6.45, 7) is 6.51. The average molecular weight is 282 g/mol. The third-order valence-electron chi connectivity index (χ3n) is 3.45. The summed E-state index contributed by atoms with van der Waals surface area (Å²) in [5.74, 6) is 0.846. The van der Waals surface area contributed by atoms with E-state index in [4.69, 9.17) is 4.74 Å². The van der Waals surface area contributed by atoms with E-state index in [2.05, 4.69) is 29.6 Å². The number of ether oxygens (including phenoxy) is 1. The summed E-state index contributed by atoms with van der Waals surface area (Å²) in [5.41, 5.74) is -0.551. The fourth-order valence-corrected chi connectivity index (χ4v) is 2.43. The predicted molar refractivity (Wildman–Crippen MR) is 86.3 cm³/mol. The number of rotatable bonds is 6. The number of hydrogen-bond acceptors (Lipinski definition) is 3. The molecule has 0 aliphatic carbocycles. The van der Waals surface area contributed by atoms with E-state index in [1.807, 2.05) is 45.0 Å². The van der Waals surface area contributed by atoms with Crippen molar-refractivity contribution >= 4 is 10.8 Å². The van der Waals surface area contributed by atoms with Gasteiger partial charge in [-0.1, -0.05) is 30.3 Å². The van der Waals surface area contributed by atoms with Crippen molar-refractivity contribution in [3.63, 3.8) is 0 Å². The van der Waals surface area contributed by atoms with E-state index in [1.165, 1.54) is 10.8 Å². The van der Waals surface area contributed by atoms with Crippen molar-refractivity contribution < 1.29 is 4.74 Å². The average Bonchev–Trinajstić information content (AvgIpc) is 2.46. The Morgan fingerprint density at radius 1 is 1.19 bits per heavy atom. The Kier molecular flexibility index (Phi) is 4.82. The van der Waals surface area contributed by atoms with Crippen LogP contribution >= 0.6 is 0 Å². The molecule has 1 unspecified atom stereocenters. The molecule has 0 aliphatic rings. The smallest absolute Gasteiger partial charge is 0.119 e. The maximum Gasteiger partial charge on any atom is 0.119 e. The topological polar surface area (TPSA) is 45.0 Å². The van der Waals surface area contributed by atoms with Crippen LogP contribution in [-0.2, 0) is 0 Å². The van der Waals surface area contributed by atoms with Crippen LogP contribution < -0.4 is 10.1 Å². The van der Waals surface area contributed by atoms with Crippen molar-refractivity contribution in [3.8, 4) is 11.8 Å². The molecule has 2 aromatic rings. The first kappa shape index (κ1) is 15.3. The Bertz CT molecular complexity index is 645. The van der Waals surface area contributed by atoms with Crippen molar-refractivity contribution in [2.75, 3.05) is 6.61 Å². The second-order valence-electron chi connectivity index (χ2n) is 5.85. The van der Waals surface area contributed by atoms with Crippen molar-refractivity contribution in [1.29, 1.82) is 5.26 Å². The summed E-state index contributed by atoms with van der Waals surface area (Å²) in [5, 5.41) is 15.0. The second-order valence-corrected chi connectivity index (χ2v) is 5.85. The highest BCUT2D eigenvalue weighted by Gasteiger charge is 2.24. The van der Waals surface area contributed by atoms with Gasteiger partial charge in [0.2, 0.25) is 0 Å². The first-order valence-corrected chi connectivity index (χ1v) is 7.33. The van der Waals surface area contributed by atoms with Crippen molar-refractivity contribution in [3.05, 3.63) is 42.5 Å². The molecule has 0 heterocycles. The summed E-state index contributed by atoms with van der Waals surface area (Å²) in [4.78, 5) is 0. The molecular weight excluding hydrogens is 260 g/mol. The molecule has 0 amide bonds. The lowest BCUT2D eigenvalue weighted by molar-refractivity contribution is 0.260. The number of nitrogens with one attached hydrogen (secondary N) is 1. The van der Waals surface area contributed by atoms with E-state index in [9.17, 15) is 5.26 Å². The highest BCUT2D eigenvalue weighted by atomic mass is 16.5. The van der Waals surface area contributed by atoms with Gasteiger partial charge in [0.25, 0.3) is 0 Å². The Balaban J connectivity index is 1.97. The first-order valence-electron chi connectivity index (χ1n) is 7.33. The van der Waals surface area contributed by atoms with Crippen LogP contribution in [0.5, 0.6) is 5.75 Å². The fourth-order valence-electron chi connectivity index (χ4n) is 2.43. The Labute approximate surface area is 126 Å². The highest BCUT2D eigenvalue weighted by molar-refractivity contribution is 5.83. The van der Waals surface area contributed by atoms with Gasteiger partial charge in [0, 0.05) is 12.5 Å². The monoisotopic (exact) mass is 282 g/mol. The van der Waals surface area contributed by atoms with Gasteiger partial charge < -0.3 is 4.74 Å². The van der Waals surface area contributed by atoms with Crippen molar-refractivity contribution in [1.82, 2.24) is 5.32 Å². The largest absolute Gasteiger partial charge is 0.493 e. The van der Waals surface area contributed by atoms with Crippen LogP contribution in [-0.4, -0.2) is 18.2 Å². The Morgan fingerprint density at radius 2 is 1.90 bits per heavy atom. The van der Waals surface area contributed by atoms with Gasteiger partial charge in [-0.25, -0.2) is 0 Å². The minimum Gasteiger partial charge on any atom is -0.493 e. The quantitative estimate of drug-likeness (QED) is 0.874. The van der Waals surface area contributed by atoms with Crippen LogP contribution in [0.15, 0.2) is 42.5 Å². The molecule has 0 radical (unpaired) electrons. The summed E-state index contributed by atoms with van der Waals surface area (Å²) in [6.07, 6.45) is 0.647. The van der Waals surface area contributed by atoms with Gasteiger partial charge in [-0.05, 0) is 43.7 Å². The van der Waals surface area contributed by atoms with E-state index in [1.54, 1.807) is 0 Å². The molecule has 110 valence electrons. The lowest BCUT2D eigenvalue weighted by atomic mass is 9.99. The maximum atomic E-state index is 9.30. The Hall–Kier alpha value is -2.05. The van der Waals surface area contributed by atoms with Gasteiger partial charge in [-0.3, -0.25) is 5.32 Å². The molecule has 0 fully saturated rings. The molecule has 0 spiro atoms. The van der Waals surface area contributed by atoms with Gasteiger partial charge in [-0.15, -0.1) is 0 Å². The molecule has 0 aromatic heterocycles. The zero-order valence-electron chi connectivity index (χ0n) is 12.9. The number of nitriles is 1. The van der Waals surface area contributed by atoms with Crippen molar-refractivity contribution in [2.45, 2.75) is 38.8 Å². The minimum atomic E-state index is -0.551. The fraction of sp³-hybridized carbons (Fsp3) is 0.389. The molecule has 1 N–H and O–H groups in total. The maximum absolute atomic E-state index is 9.30. The summed E-state index contributed by atoms with van der Waals surface area (Å²) >= 11 is 0. The van der Waals surface area contributed by atoms with Gasteiger partial charge >= 0.3 is 0 Å². The zero-order chi connectivity index (χ0) is 15.3. The van der Waals surface area contributed by atoms with Crippen molar-refractivity contribution in [2.24, 2.45) is 0 Å². The molecule has 3 nitrogen and oxygen atoms in total. The van der Waals surface area contributed by atoms with E-state index >= 15 is 0 Å². The van der Waals surface area contributed by atoms with E-state index < -0.39 is 5.54 Å². The van der Waals surface area contributed by atoms with E-state index in [-0.39, 0.29) is 6.04 Å². The molecule has 2 aromatic carbocycles. The molecule has 0 bridgehead atoms. The molecule has 0 saturated heterocycles. The van der Waals surface area contributed by atoms with E-state index in [0.717, 1.165) is 5.75 Å². The normalized spacial score (nSPS) is 13.9. The second kappa shape index (κ2) is 6.60. The molecule has 2 rings (SSSR count). The number of benzene rings is 2. The molecule has 1 atom stereocenters. The molecule has 21 heavy (non-hydrogen) atoms. The third-order valence-corrected chi connectivity index (χ3v) is 3.45. The summed E-state index contributed by atoms with van der Waals surface area (Å²) in [7, 11) is 0. The predicted octanol–water partition coefficient (Wildman–Crippen LogP) is 3.89. The van der Waals surface area contributed by atoms with Crippen LogP contribution in [0.2, 0.25) is 0 Å².